The van der Waals surface area contributed by atoms with E-state index in [-0.39, 0.29) is 11.7 Å². The van der Waals surface area contributed by atoms with Crippen LogP contribution in [0, 0.1) is 5.82 Å². The number of carbonyl (C=O) groups excluding carboxylic acids is 1. The van der Waals surface area contributed by atoms with Crippen LogP contribution in [0.2, 0.25) is 0 Å². The molecule has 2 nitrogen and oxygen atoms in total. The number of benzene rings is 1. The molecule has 22 heavy (non-hydrogen) atoms. The summed E-state index contributed by atoms with van der Waals surface area (Å²) in [6.07, 6.45) is 3.66. The molecule has 2 aliphatic rings. The van der Waals surface area contributed by atoms with Gasteiger partial charge >= 0.3 is 0 Å². The quantitative estimate of drug-likeness (QED) is 0.823. The Bertz CT molecular complexity index is 719. The Hall–Kier alpha value is -1.68. The van der Waals surface area contributed by atoms with Crippen molar-refractivity contribution in [2.75, 3.05) is 6.54 Å². The molecule has 0 saturated heterocycles. The minimum Gasteiger partial charge on any atom is -0.337 e. The summed E-state index contributed by atoms with van der Waals surface area (Å²) in [6.45, 7) is 1.48. The van der Waals surface area contributed by atoms with Crippen LogP contribution in [0.3, 0.4) is 0 Å². The van der Waals surface area contributed by atoms with Crippen LogP contribution in [0.4, 0.5) is 4.39 Å². The smallest absolute Gasteiger partial charge is 0.233 e. The molecule has 4 heteroatoms. The molecule has 1 amide bonds. The number of halogens is 1. The van der Waals surface area contributed by atoms with Gasteiger partial charge in [0, 0.05) is 18.0 Å². The SMILES string of the molecule is O=C(N1CCc2sccc2C1)C1(c2cccc(F)c2)CCC1. The van der Waals surface area contributed by atoms with Gasteiger partial charge in [0.25, 0.3) is 0 Å². The summed E-state index contributed by atoms with van der Waals surface area (Å²) >= 11 is 1.78. The van der Waals surface area contributed by atoms with Crippen LogP contribution in [0.5, 0.6) is 0 Å². The van der Waals surface area contributed by atoms with Crippen LogP contribution in [0.1, 0.15) is 35.3 Å². The maximum atomic E-state index is 13.6. The molecular formula is C18H18FNOS. The number of hydrogen-bond acceptors (Lipinski definition) is 2. The summed E-state index contributed by atoms with van der Waals surface area (Å²) < 4.78 is 13.6. The number of hydrogen-bond donors (Lipinski definition) is 0. The van der Waals surface area contributed by atoms with Gasteiger partial charge in [0.05, 0.1) is 5.41 Å². The van der Waals surface area contributed by atoms with Crippen molar-refractivity contribution in [3.63, 3.8) is 0 Å². The summed E-state index contributed by atoms with van der Waals surface area (Å²) in [5.74, 6) is -0.0726. The summed E-state index contributed by atoms with van der Waals surface area (Å²) in [5, 5.41) is 2.10. The molecule has 114 valence electrons. The third-order valence-corrected chi connectivity index (χ3v) is 6.11. The average Bonchev–Trinajstić information content (AvgIpc) is 2.93. The van der Waals surface area contributed by atoms with Crippen molar-refractivity contribution in [3.8, 4) is 0 Å². The van der Waals surface area contributed by atoms with Gasteiger partial charge in [-0.25, -0.2) is 4.39 Å². The predicted molar refractivity (Wildman–Crippen MR) is 85.4 cm³/mol. The summed E-state index contributed by atoms with van der Waals surface area (Å²) in [6, 6.07) is 8.72. The molecular weight excluding hydrogens is 297 g/mol. The van der Waals surface area contributed by atoms with Crippen LogP contribution in [0.25, 0.3) is 0 Å². The molecule has 0 unspecified atom stereocenters. The maximum absolute atomic E-state index is 13.6. The largest absolute Gasteiger partial charge is 0.337 e. The Kier molecular flexibility index (Phi) is 3.30. The second-order valence-electron chi connectivity index (χ2n) is 6.29. The molecule has 2 heterocycles. The highest BCUT2D eigenvalue weighted by Crippen LogP contribution is 2.46. The first-order valence-electron chi connectivity index (χ1n) is 7.80. The van der Waals surface area contributed by atoms with Gasteiger partial charge in [-0.15, -0.1) is 11.3 Å². The lowest BCUT2D eigenvalue weighted by Crippen LogP contribution is -2.52. The minimum atomic E-state index is -0.490. The number of thiophene rings is 1. The van der Waals surface area contributed by atoms with Gasteiger partial charge in [-0.2, -0.15) is 0 Å². The van der Waals surface area contributed by atoms with Gasteiger partial charge in [-0.3, -0.25) is 4.79 Å². The highest BCUT2D eigenvalue weighted by molar-refractivity contribution is 7.10. The van der Waals surface area contributed by atoms with Crippen LogP contribution >= 0.6 is 11.3 Å². The predicted octanol–water partition coefficient (Wildman–Crippen LogP) is 3.89. The monoisotopic (exact) mass is 315 g/mol. The summed E-state index contributed by atoms with van der Waals surface area (Å²) in [7, 11) is 0. The van der Waals surface area contributed by atoms with Gasteiger partial charge in [0.15, 0.2) is 0 Å². The van der Waals surface area contributed by atoms with Crippen molar-refractivity contribution in [1.29, 1.82) is 0 Å². The summed E-state index contributed by atoms with van der Waals surface area (Å²) in [4.78, 5) is 16.5. The fourth-order valence-electron chi connectivity index (χ4n) is 3.67. The van der Waals surface area contributed by atoms with Crippen molar-refractivity contribution in [2.24, 2.45) is 0 Å². The normalized spacial score (nSPS) is 19.4. The van der Waals surface area contributed by atoms with Gasteiger partial charge in [0.1, 0.15) is 5.82 Å². The number of amides is 1. The van der Waals surface area contributed by atoms with Crippen LogP contribution in [-0.4, -0.2) is 17.4 Å². The van der Waals surface area contributed by atoms with E-state index in [2.05, 4.69) is 11.4 Å². The molecule has 1 aromatic heterocycles. The average molecular weight is 315 g/mol. The number of nitrogens with zero attached hydrogens (tertiary/aromatic N) is 1. The van der Waals surface area contributed by atoms with Crippen molar-refractivity contribution >= 4 is 17.2 Å². The van der Waals surface area contributed by atoms with E-state index in [1.165, 1.54) is 22.6 Å². The van der Waals surface area contributed by atoms with E-state index in [0.29, 0.717) is 6.54 Å². The van der Waals surface area contributed by atoms with Crippen molar-refractivity contribution in [1.82, 2.24) is 4.90 Å². The molecule has 0 atom stereocenters. The molecule has 1 aromatic carbocycles. The Labute approximate surface area is 133 Å². The lowest BCUT2D eigenvalue weighted by Gasteiger charge is -2.44. The van der Waals surface area contributed by atoms with E-state index in [4.69, 9.17) is 0 Å². The Morgan fingerprint density at radius 1 is 1.27 bits per heavy atom. The molecule has 4 rings (SSSR count). The first-order chi connectivity index (χ1) is 10.7. The van der Waals surface area contributed by atoms with E-state index in [9.17, 15) is 9.18 Å². The topological polar surface area (TPSA) is 20.3 Å². The number of rotatable bonds is 2. The second-order valence-corrected chi connectivity index (χ2v) is 7.29. The van der Waals surface area contributed by atoms with Crippen molar-refractivity contribution < 1.29 is 9.18 Å². The third-order valence-electron chi connectivity index (χ3n) is 5.09. The Morgan fingerprint density at radius 3 is 2.86 bits per heavy atom. The zero-order chi connectivity index (χ0) is 15.2. The Balaban J connectivity index is 1.63. The third kappa shape index (κ3) is 2.09. The van der Waals surface area contributed by atoms with E-state index >= 15 is 0 Å². The molecule has 0 N–H and O–H groups in total. The molecule has 2 aromatic rings. The first-order valence-corrected chi connectivity index (χ1v) is 8.68. The number of fused-ring (bicyclic) bond motifs is 1. The second kappa shape index (κ2) is 5.20. The van der Waals surface area contributed by atoms with E-state index in [1.807, 2.05) is 11.0 Å². The molecule has 0 radical (unpaired) electrons. The lowest BCUT2D eigenvalue weighted by molar-refractivity contribution is -0.141. The highest BCUT2D eigenvalue weighted by atomic mass is 32.1. The van der Waals surface area contributed by atoms with Gasteiger partial charge in [-0.05, 0) is 54.0 Å². The standard InChI is InChI=1S/C18H18FNOS/c19-15-4-1-3-14(11-15)18(7-2-8-18)17(21)20-9-5-16-13(12-20)6-10-22-16/h1,3-4,6,10-11H,2,5,7-9,12H2. The fourth-order valence-corrected chi connectivity index (χ4v) is 4.56. The molecule has 1 aliphatic heterocycles. The summed E-state index contributed by atoms with van der Waals surface area (Å²) in [5.41, 5.74) is 1.63. The molecule has 1 saturated carbocycles. The van der Waals surface area contributed by atoms with E-state index in [1.54, 1.807) is 17.4 Å². The molecule has 1 fully saturated rings. The zero-order valence-electron chi connectivity index (χ0n) is 12.3. The molecule has 0 spiro atoms. The van der Waals surface area contributed by atoms with Gasteiger partial charge in [-0.1, -0.05) is 18.6 Å². The van der Waals surface area contributed by atoms with Crippen molar-refractivity contribution in [3.05, 3.63) is 57.5 Å². The highest BCUT2D eigenvalue weighted by Gasteiger charge is 2.48. The van der Waals surface area contributed by atoms with Crippen LogP contribution in [0.15, 0.2) is 35.7 Å². The zero-order valence-corrected chi connectivity index (χ0v) is 13.2. The Morgan fingerprint density at radius 2 is 2.14 bits per heavy atom. The van der Waals surface area contributed by atoms with Gasteiger partial charge in [0.2, 0.25) is 5.91 Å². The van der Waals surface area contributed by atoms with Crippen LogP contribution in [-0.2, 0) is 23.2 Å². The maximum Gasteiger partial charge on any atom is 0.233 e. The van der Waals surface area contributed by atoms with Crippen LogP contribution < -0.4 is 0 Å². The molecule has 1 aliphatic carbocycles. The minimum absolute atomic E-state index is 0.182. The molecule has 0 bridgehead atoms. The van der Waals surface area contributed by atoms with E-state index < -0.39 is 5.41 Å². The van der Waals surface area contributed by atoms with E-state index in [0.717, 1.165) is 37.8 Å². The fraction of sp³-hybridized carbons (Fsp3) is 0.389. The first kappa shape index (κ1) is 13.9. The van der Waals surface area contributed by atoms with Crippen molar-refractivity contribution in [2.45, 2.75) is 37.6 Å². The van der Waals surface area contributed by atoms with Gasteiger partial charge < -0.3 is 4.90 Å². The lowest BCUT2D eigenvalue weighted by atomic mass is 9.63. The number of carbonyl (C=O) groups is 1.